The summed E-state index contributed by atoms with van der Waals surface area (Å²) in [6, 6.07) is 2.07. The minimum Gasteiger partial charge on any atom is -0.462 e. The van der Waals surface area contributed by atoms with Crippen LogP contribution in [-0.2, 0) is 32.7 Å². The van der Waals surface area contributed by atoms with Crippen LogP contribution in [0.2, 0.25) is 38.3 Å². The Bertz CT molecular complexity index is 474. The summed E-state index contributed by atoms with van der Waals surface area (Å²) in [6.07, 6.45) is 1.89. The highest BCUT2D eigenvalue weighted by Crippen LogP contribution is 2.23. The first-order valence-electron chi connectivity index (χ1n) is 10.8. The molecule has 0 heterocycles. The standard InChI is InChI=1S/C20H40Br2O7Si2/c1-17(21)19(23)27-13-11-25-9-7-15-30(3,4)29-31(5,6)16-8-10-26-12-14-28-20(24)18(2)22/h17-18H,7-16H2,1-6H3. The van der Waals surface area contributed by atoms with Crippen molar-refractivity contribution in [2.75, 3.05) is 39.6 Å². The van der Waals surface area contributed by atoms with E-state index in [2.05, 4.69) is 58.0 Å². The molecule has 0 N–H and O–H groups in total. The van der Waals surface area contributed by atoms with E-state index in [4.69, 9.17) is 23.1 Å². The van der Waals surface area contributed by atoms with E-state index < -0.39 is 16.6 Å². The molecule has 0 radical (unpaired) electrons. The summed E-state index contributed by atoms with van der Waals surface area (Å²) in [5.74, 6) is -0.535. The first-order valence-corrected chi connectivity index (χ1v) is 18.9. The molecule has 0 rings (SSSR count). The number of alkyl halides is 2. The second-order valence-corrected chi connectivity index (χ2v) is 20.2. The summed E-state index contributed by atoms with van der Waals surface area (Å²) in [5, 5.41) is 0. The van der Waals surface area contributed by atoms with Gasteiger partial charge in [0.15, 0.2) is 16.6 Å². The molecule has 31 heavy (non-hydrogen) atoms. The van der Waals surface area contributed by atoms with E-state index in [0.29, 0.717) is 26.4 Å². The van der Waals surface area contributed by atoms with Gasteiger partial charge in [-0.05, 0) is 65.0 Å². The summed E-state index contributed by atoms with van der Waals surface area (Å²) in [4.78, 5) is 22.1. The zero-order valence-corrected chi connectivity index (χ0v) is 25.0. The maximum absolute atomic E-state index is 11.3. The number of carbonyl (C=O) groups excluding carboxylic acids is 2. The van der Waals surface area contributed by atoms with E-state index in [0.717, 1.165) is 24.9 Å². The van der Waals surface area contributed by atoms with Gasteiger partial charge in [-0.1, -0.05) is 31.9 Å². The van der Waals surface area contributed by atoms with Crippen molar-refractivity contribution in [2.24, 2.45) is 0 Å². The van der Waals surface area contributed by atoms with Gasteiger partial charge in [0.05, 0.1) is 13.2 Å². The molecule has 0 aliphatic carbocycles. The number of esters is 2. The monoisotopic (exact) mass is 606 g/mol. The van der Waals surface area contributed by atoms with Crippen LogP contribution in [-0.4, -0.2) is 77.9 Å². The Labute approximate surface area is 206 Å². The molecule has 0 aromatic rings. The minimum atomic E-state index is -1.76. The van der Waals surface area contributed by atoms with E-state index in [9.17, 15) is 9.59 Å². The number of carbonyl (C=O) groups is 2. The van der Waals surface area contributed by atoms with Gasteiger partial charge < -0.3 is 23.1 Å². The quantitative estimate of drug-likeness (QED) is 0.0950. The van der Waals surface area contributed by atoms with Gasteiger partial charge in [-0.25, -0.2) is 0 Å². The van der Waals surface area contributed by atoms with Gasteiger partial charge in [-0.2, -0.15) is 0 Å². The fourth-order valence-corrected chi connectivity index (χ4v) is 11.9. The molecule has 0 amide bonds. The van der Waals surface area contributed by atoms with Crippen LogP contribution < -0.4 is 0 Å². The molecular formula is C20H40Br2O7Si2. The predicted octanol–water partition coefficient (Wildman–Crippen LogP) is 4.88. The van der Waals surface area contributed by atoms with Crippen molar-refractivity contribution in [3.8, 4) is 0 Å². The Morgan fingerprint density at radius 1 is 0.677 bits per heavy atom. The van der Waals surface area contributed by atoms with Crippen LogP contribution in [0.3, 0.4) is 0 Å². The van der Waals surface area contributed by atoms with E-state index in [1.165, 1.54) is 0 Å². The van der Waals surface area contributed by atoms with Crippen molar-refractivity contribution < 1.29 is 32.7 Å². The fraction of sp³-hybridized carbons (Fsp3) is 0.900. The Morgan fingerprint density at radius 3 is 1.35 bits per heavy atom. The number of ether oxygens (including phenoxy) is 4. The third-order valence-corrected chi connectivity index (χ3v) is 12.6. The lowest BCUT2D eigenvalue weighted by Crippen LogP contribution is -2.44. The van der Waals surface area contributed by atoms with Crippen LogP contribution >= 0.6 is 31.9 Å². The smallest absolute Gasteiger partial charge is 0.319 e. The minimum absolute atomic E-state index is 0.268. The van der Waals surface area contributed by atoms with Gasteiger partial charge in [-0.3, -0.25) is 9.59 Å². The second-order valence-electron chi connectivity index (χ2n) is 8.62. The maximum atomic E-state index is 11.3. The topological polar surface area (TPSA) is 80.3 Å². The molecule has 0 saturated heterocycles. The normalized spacial score (nSPS) is 14.2. The Hall–Kier alpha value is 0.214. The number of rotatable bonds is 18. The summed E-state index contributed by atoms with van der Waals surface area (Å²) in [6.45, 7) is 15.2. The summed E-state index contributed by atoms with van der Waals surface area (Å²) >= 11 is 6.34. The molecular weight excluding hydrogens is 568 g/mol. The molecule has 2 unspecified atom stereocenters. The molecule has 0 bridgehead atoms. The van der Waals surface area contributed by atoms with E-state index in [1.807, 2.05) is 0 Å². The first kappa shape index (κ1) is 31.2. The van der Waals surface area contributed by atoms with E-state index >= 15 is 0 Å². The molecule has 0 fully saturated rings. The first-order chi connectivity index (χ1) is 14.4. The molecule has 0 aromatic carbocycles. The van der Waals surface area contributed by atoms with Crippen molar-refractivity contribution in [3.63, 3.8) is 0 Å². The van der Waals surface area contributed by atoms with Crippen molar-refractivity contribution in [1.82, 2.24) is 0 Å². The van der Waals surface area contributed by atoms with Crippen molar-refractivity contribution in [1.29, 1.82) is 0 Å². The molecule has 7 nitrogen and oxygen atoms in total. The molecule has 0 aliphatic heterocycles. The average Bonchev–Trinajstić information content (AvgIpc) is 2.64. The third kappa shape index (κ3) is 18.3. The van der Waals surface area contributed by atoms with E-state index in [-0.39, 0.29) is 34.8 Å². The van der Waals surface area contributed by atoms with Gasteiger partial charge in [0, 0.05) is 13.2 Å². The Balaban J connectivity index is 3.85. The number of hydrogen-bond acceptors (Lipinski definition) is 7. The average molecular weight is 609 g/mol. The predicted molar refractivity (Wildman–Crippen MR) is 135 cm³/mol. The highest BCUT2D eigenvalue weighted by molar-refractivity contribution is 9.10. The largest absolute Gasteiger partial charge is 0.462 e. The molecule has 0 aromatic heterocycles. The lowest BCUT2D eigenvalue weighted by atomic mass is 10.5. The number of hydrogen-bond donors (Lipinski definition) is 0. The molecule has 0 spiro atoms. The lowest BCUT2D eigenvalue weighted by Gasteiger charge is -2.34. The highest BCUT2D eigenvalue weighted by atomic mass is 79.9. The lowest BCUT2D eigenvalue weighted by molar-refractivity contribution is -0.144. The third-order valence-electron chi connectivity index (χ3n) is 4.28. The summed E-state index contributed by atoms with van der Waals surface area (Å²) in [7, 11) is -3.51. The van der Waals surface area contributed by atoms with Crippen LogP contribution in [0.25, 0.3) is 0 Å². The summed E-state index contributed by atoms with van der Waals surface area (Å²) in [5.41, 5.74) is 0. The van der Waals surface area contributed by atoms with Gasteiger partial charge in [-0.15, -0.1) is 0 Å². The fourth-order valence-electron chi connectivity index (χ4n) is 2.89. The maximum Gasteiger partial charge on any atom is 0.319 e. The highest BCUT2D eigenvalue weighted by Gasteiger charge is 2.32. The zero-order valence-electron chi connectivity index (χ0n) is 19.8. The molecule has 2 atom stereocenters. The second kappa shape index (κ2) is 16.8. The van der Waals surface area contributed by atoms with Crippen LogP contribution in [0.4, 0.5) is 0 Å². The van der Waals surface area contributed by atoms with Crippen molar-refractivity contribution in [2.45, 2.75) is 74.6 Å². The van der Waals surface area contributed by atoms with Crippen LogP contribution in [0.5, 0.6) is 0 Å². The van der Waals surface area contributed by atoms with Crippen LogP contribution in [0.15, 0.2) is 0 Å². The molecule has 184 valence electrons. The van der Waals surface area contributed by atoms with E-state index in [1.54, 1.807) is 13.8 Å². The molecule has 11 heteroatoms. The van der Waals surface area contributed by atoms with Gasteiger partial charge in [0.1, 0.15) is 22.9 Å². The number of halogens is 2. The van der Waals surface area contributed by atoms with Crippen molar-refractivity contribution in [3.05, 3.63) is 0 Å². The zero-order chi connectivity index (χ0) is 23.9. The van der Waals surface area contributed by atoms with Crippen LogP contribution in [0.1, 0.15) is 26.7 Å². The van der Waals surface area contributed by atoms with Crippen LogP contribution in [0, 0.1) is 0 Å². The Morgan fingerprint density at radius 2 is 1.03 bits per heavy atom. The van der Waals surface area contributed by atoms with Crippen molar-refractivity contribution >= 4 is 60.4 Å². The molecule has 0 aliphatic rings. The van der Waals surface area contributed by atoms with Gasteiger partial charge in [0.2, 0.25) is 0 Å². The Kier molecular flexibility index (Phi) is 16.9. The van der Waals surface area contributed by atoms with Gasteiger partial charge >= 0.3 is 11.9 Å². The SMILES string of the molecule is CC(Br)C(=O)OCCOCCC[Si](C)(C)O[Si](C)(C)CCCOCCOC(=O)C(C)Br. The summed E-state index contributed by atoms with van der Waals surface area (Å²) < 4.78 is 27.8. The molecule has 0 saturated carbocycles. The van der Waals surface area contributed by atoms with Gasteiger partial charge in [0.25, 0.3) is 0 Å².